The van der Waals surface area contributed by atoms with E-state index in [1.165, 1.54) is 0 Å². The molecular weight excluding hydrogens is 246 g/mol. The number of carbonyl (C=O) groups is 1. The Morgan fingerprint density at radius 1 is 1.47 bits per heavy atom. The molecule has 2 N–H and O–H groups in total. The van der Waals surface area contributed by atoms with Crippen LogP contribution in [0.25, 0.3) is 0 Å². The molecule has 0 radical (unpaired) electrons. The third-order valence-electron chi connectivity index (χ3n) is 3.86. The van der Waals surface area contributed by atoms with Gasteiger partial charge in [0.2, 0.25) is 0 Å². The summed E-state index contributed by atoms with van der Waals surface area (Å²) in [6.07, 6.45) is 4.17. The van der Waals surface area contributed by atoms with Crippen LogP contribution in [0.5, 0.6) is 0 Å². The average Bonchev–Trinajstić information content (AvgIpc) is 3.06. The summed E-state index contributed by atoms with van der Waals surface area (Å²) in [5, 5.41) is 12.8. The molecule has 5 nitrogen and oxygen atoms in total. The monoisotopic (exact) mass is 271 g/mol. The minimum absolute atomic E-state index is 0.128. The Morgan fingerprint density at radius 2 is 2.21 bits per heavy atom. The molecule has 1 aliphatic heterocycles. The highest BCUT2D eigenvalue weighted by Gasteiger charge is 2.51. The van der Waals surface area contributed by atoms with Crippen molar-refractivity contribution in [1.82, 2.24) is 5.32 Å². The van der Waals surface area contributed by atoms with Crippen molar-refractivity contribution in [3.05, 3.63) is 0 Å². The molecule has 2 rings (SSSR count). The molecule has 0 spiro atoms. The predicted molar refractivity (Wildman–Crippen MR) is 71.2 cm³/mol. The van der Waals surface area contributed by atoms with Crippen molar-refractivity contribution < 1.29 is 19.4 Å². The summed E-state index contributed by atoms with van der Waals surface area (Å²) < 4.78 is 11.2. The van der Waals surface area contributed by atoms with E-state index in [-0.39, 0.29) is 24.7 Å². The summed E-state index contributed by atoms with van der Waals surface area (Å²) in [6, 6.07) is 0.128. The Kier molecular flexibility index (Phi) is 4.81. The van der Waals surface area contributed by atoms with Gasteiger partial charge in [-0.05, 0) is 45.4 Å². The summed E-state index contributed by atoms with van der Waals surface area (Å²) in [7, 11) is 0. The van der Waals surface area contributed by atoms with Crippen molar-refractivity contribution >= 4 is 5.97 Å². The molecule has 1 saturated heterocycles. The third-order valence-corrected chi connectivity index (χ3v) is 3.86. The number of carboxylic acid groups (broad SMARTS) is 1. The highest BCUT2D eigenvalue weighted by atomic mass is 16.5. The van der Waals surface area contributed by atoms with E-state index >= 15 is 0 Å². The van der Waals surface area contributed by atoms with Crippen molar-refractivity contribution in [2.75, 3.05) is 19.8 Å². The van der Waals surface area contributed by atoms with Crippen molar-refractivity contribution in [2.45, 2.75) is 57.2 Å². The smallest absolute Gasteiger partial charge is 0.326 e. The number of ether oxygens (including phenoxy) is 2. The molecule has 0 amide bonds. The van der Waals surface area contributed by atoms with Crippen molar-refractivity contribution in [3.8, 4) is 0 Å². The zero-order valence-corrected chi connectivity index (χ0v) is 11.9. The summed E-state index contributed by atoms with van der Waals surface area (Å²) in [4.78, 5) is 11.7. The topological polar surface area (TPSA) is 67.8 Å². The lowest BCUT2D eigenvalue weighted by Crippen LogP contribution is -2.59. The van der Waals surface area contributed by atoms with Crippen LogP contribution in [0.15, 0.2) is 0 Å². The van der Waals surface area contributed by atoms with Gasteiger partial charge in [-0.25, -0.2) is 0 Å². The van der Waals surface area contributed by atoms with Gasteiger partial charge in [-0.1, -0.05) is 0 Å². The van der Waals surface area contributed by atoms with Crippen LogP contribution >= 0.6 is 0 Å². The normalized spacial score (nSPS) is 26.6. The fourth-order valence-corrected chi connectivity index (χ4v) is 2.79. The molecule has 2 unspecified atom stereocenters. The second-order valence-electron chi connectivity index (χ2n) is 6.00. The standard InChI is InChI=1S/C14H25NO4/c1-10(2)15-14(13(16)17,11-5-6-11)9-18-8-12-4-3-7-19-12/h10-12,15H,3-9H2,1-2H3,(H,16,17). The van der Waals surface area contributed by atoms with Crippen LogP contribution in [0.1, 0.15) is 39.5 Å². The molecule has 0 bridgehead atoms. The Morgan fingerprint density at radius 3 is 2.68 bits per heavy atom. The Hall–Kier alpha value is -0.650. The molecule has 19 heavy (non-hydrogen) atoms. The number of aliphatic carboxylic acids is 1. The van der Waals surface area contributed by atoms with Gasteiger partial charge < -0.3 is 14.6 Å². The van der Waals surface area contributed by atoms with Crippen LogP contribution < -0.4 is 5.32 Å². The average molecular weight is 271 g/mol. The number of rotatable bonds is 8. The lowest BCUT2D eigenvalue weighted by molar-refractivity contribution is -0.150. The van der Waals surface area contributed by atoms with Crippen LogP contribution in [0.2, 0.25) is 0 Å². The fourth-order valence-electron chi connectivity index (χ4n) is 2.79. The Labute approximate surface area is 114 Å². The number of nitrogens with one attached hydrogen (secondary N) is 1. The molecule has 5 heteroatoms. The maximum atomic E-state index is 11.7. The van der Waals surface area contributed by atoms with Gasteiger partial charge in [0.25, 0.3) is 0 Å². The molecule has 110 valence electrons. The molecule has 2 atom stereocenters. The third kappa shape index (κ3) is 3.68. The van der Waals surface area contributed by atoms with E-state index < -0.39 is 11.5 Å². The van der Waals surface area contributed by atoms with Gasteiger partial charge in [-0.15, -0.1) is 0 Å². The molecule has 1 saturated carbocycles. The second-order valence-corrected chi connectivity index (χ2v) is 6.00. The largest absolute Gasteiger partial charge is 0.480 e. The first-order valence-corrected chi connectivity index (χ1v) is 7.25. The van der Waals surface area contributed by atoms with Crippen LogP contribution in [0, 0.1) is 5.92 Å². The summed E-state index contributed by atoms with van der Waals surface area (Å²) in [5.74, 6) is -0.604. The van der Waals surface area contributed by atoms with E-state index in [1.807, 2.05) is 13.8 Å². The Balaban J connectivity index is 1.90. The van der Waals surface area contributed by atoms with Gasteiger partial charge in [0.05, 0.1) is 19.3 Å². The lowest BCUT2D eigenvalue weighted by Gasteiger charge is -2.33. The van der Waals surface area contributed by atoms with Gasteiger partial charge in [-0.3, -0.25) is 10.1 Å². The lowest BCUT2D eigenvalue weighted by atomic mass is 9.93. The van der Waals surface area contributed by atoms with Crippen molar-refractivity contribution in [3.63, 3.8) is 0 Å². The fraction of sp³-hybridized carbons (Fsp3) is 0.929. The summed E-state index contributed by atoms with van der Waals surface area (Å²) in [5.41, 5.74) is -0.924. The number of hydrogen-bond acceptors (Lipinski definition) is 4. The van der Waals surface area contributed by atoms with Gasteiger partial charge in [0, 0.05) is 12.6 Å². The first-order chi connectivity index (χ1) is 9.04. The molecule has 1 heterocycles. The number of hydrogen-bond donors (Lipinski definition) is 2. The van der Waals surface area contributed by atoms with E-state index in [0.29, 0.717) is 6.61 Å². The van der Waals surface area contributed by atoms with Gasteiger partial charge in [-0.2, -0.15) is 0 Å². The zero-order chi connectivity index (χ0) is 13.9. The minimum Gasteiger partial charge on any atom is -0.480 e. The summed E-state index contributed by atoms with van der Waals surface area (Å²) in [6.45, 7) is 5.47. The quantitative estimate of drug-likeness (QED) is 0.698. The molecule has 0 aromatic heterocycles. The molecule has 2 aliphatic rings. The predicted octanol–water partition coefficient (Wildman–Crippen LogP) is 1.41. The van der Waals surface area contributed by atoms with Crippen molar-refractivity contribution in [2.24, 2.45) is 5.92 Å². The van der Waals surface area contributed by atoms with E-state index in [4.69, 9.17) is 9.47 Å². The highest BCUT2D eigenvalue weighted by Crippen LogP contribution is 2.40. The van der Waals surface area contributed by atoms with Gasteiger partial charge in [0.1, 0.15) is 5.54 Å². The van der Waals surface area contributed by atoms with Crippen LogP contribution in [-0.4, -0.2) is 48.6 Å². The van der Waals surface area contributed by atoms with Crippen LogP contribution in [0.3, 0.4) is 0 Å². The van der Waals surface area contributed by atoms with Gasteiger partial charge >= 0.3 is 5.97 Å². The van der Waals surface area contributed by atoms with Crippen LogP contribution in [-0.2, 0) is 14.3 Å². The summed E-state index contributed by atoms with van der Waals surface area (Å²) >= 11 is 0. The maximum Gasteiger partial charge on any atom is 0.326 e. The van der Waals surface area contributed by atoms with Gasteiger partial charge in [0.15, 0.2) is 0 Å². The Bertz CT molecular complexity index is 311. The first-order valence-electron chi connectivity index (χ1n) is 7.25. The van der Waals surface area contributed by atoms with Crippen molar-refractivity contribution in [1.29, 1.82) is 0 Å². The van der Waals surface area contributed by atoms with E-state index in [0.717, 1.165) is 32.3 Å². The molecule has 2 fully saturated rings. The van der Waals surface area contributed by atoms with Crippen LogP contribution in [0.4, 0.5) is 0 Å². The first kappa shape index (κ1) is 14.8. The number of carboxylic acids is 1. The minimum atomic E-state index is -0.924. The zero-order valence-electron chi connectivity index (χ0n) is 11.9. The van der Waals surface area contributed by atoms with E-state index in [1.54, 1.807) is 0 Å². The molecule has 0 aromatic carbocycles. The highest BCUT2D eigenvalue weighted by molar-refractivity contribution is 5.80. The SMILES string of the molecule is CC(C)NC(COCC1CCCO1)(C(=O)O)C1CC1. The molecular formula is C14H25NO4. The van der Waals surface area contributed by atoms with E-state index in [2.05, 4.69) is 5.32 Å². The molecule has 0 aromatic rings. The van der Waals surface area contributed by atoms with E-state index in [9.17, 15) is 9.90 Å². The second kappa shape index (κ2) is 6.20. The molecule has 1 aliphatic carbocycles. The maximum absolute atomic E-state index is 11.7.